The molecule has 1 heterocycles. The molecule has 1 N–H and O–H groups in total. The first kappa shape index (κ1) is 18.1. The fourth-order valence-corrected chi connectivity index (χ4v) is 2.84. The van der Waals surface area contributed by atoms with Crippen LogP contribution in [0.1, 0.15) is 27.2 Å². The fraction of sp³-hybridized carbons (Fsp3) is 0.143. The number of carbonyl (C=O) groups excluding carboxylic acids is 1. The van der Waals surface area contributed by atoms with Gasteiger partial charge in [0.15, 0.2) is 0 Å². The van der Waals surface area contributed by atoms with Crippen molar-refractivity contribution in [3.05, 3.63) is 87.7 Å². The van der Waals surface area contributed by atoms with E-state index < -0.39 is 0 Å². The quantitative estimate of drug-likeness (QED) is 0.621. The van der Waals surface area contributed by atoms with Gasteiger partial charge in [0.05, 0.1) is 5.69 Å². The summed E-state index contributed by atoms with van der Waals surface area (Å²) < 4.78 is 6.66. The zero-order valence-corrected chi connectivity index (χ0v) is 16.2. The van der Waals surface area contributed by atoms with Gasteiger partial charge in [-0.2, -0.15) is 0 Å². The molecular formula is C21H19BrN2O2. The standard InChI is InChI=1S/C21H19BrN2O2/c1-14-11-15(2)20(12-19(14)22)24-21(25)16-6-8-18(9-7-16)26-13-17-5-3-4-10-23-17/h3-12H,13H2,1-2H3,(H,24,25). The molecule has 26 heavy (non-hydrogen) atoms. The highest BCUT2D eigenvalue weighted by Gasteiger charge is 2.10. The van der Waals surface area contributed by atoms with E-state index in [9.17, 15) is 4.79 Å². The van der Waals surface area contributed by atoms with Crippen molar-refractivity contribution in [2.45, 2.75) is 20.5 Å². The number of amides is 1. The number of benzene rings is 2. The maximum Gasteiger partial charge on any atom is 0.255 e. The lowest BCUT2D eigenvalue weighted by Gasteiger charge is -2.11. The van der Waals surface area contributed by atoms with E-state index in [2.05, 4.69) is 26.2 Å². The minimum atomic E-state index is -0.153. The van der Waals surface area contributed by atoms with E-state index in [1.807, 2.05) is 44.2 Å². The molecule has 132 valence electrons. The lowest BCUT2D eigenvalue weighted by atomic mass is 10.1. The predicted molar refractivity (Wildman–Crippen MR) is 107 cm³/mol. The third kappa shape index (κ3) is 4.49. The number of ether oxygens (including phenoxy) is 1. The molecule has 5 heteroatoms. The van der Waals surface area contributed by atoms with Gasteiger partial charge >= 0.3 is 0 Å². The van der Waals surface area contributed by atoms with Crippen molar-refractivity contribution in [3.63, 3.8) is 0 Å². The van der Waals surface area contributed by atoms with Crippen LogP contribution >= 0.6 is 15.9 Å². The number of aromatic nitrogens is 1. The van der Waals surface area contributed by atoms with Gasteiger partial charge < -0.3 is 10.1 Å². The van der Waals surface area contributed by atoms with E-state index in [1.165, 1.54) is 0 Å². The van der Waals surface area contributed by atoms with Crippen LogP contribution in [-0.4, -0.2) is 10.9 Å². The molecule has 0 spiro atoms. The highest BCUT2D eigenvalue weighted by atomic mass is 79.9. The van der Waals surface area contributed by atoms with E-state index in [0.717, 1.165) is 27.0 Å². The largest absolute Gasteiger partial charge is 0.487 e. The number of pyridine rings is 1. The van der Waals surface area contributed by atoms with Crippen LogP contribution in [0.25, 0.3) is 0 Å². The third-order valence-electron chi connectivity index (χ3n) is 3.98. The van der Waals surface area contributed by atoms with E-state index in [1.54, 1.807) is 30.5 Å². The number of hydrogen-bond donors (Lipinski definition) is 1. The van der Waals surface area contributed by atoms with Gasteiger partial charge in [-0.3, -0.25) is 9.78 Å². The van der Waals surface area contributed by atoms with Gasteiger partial charge in [-0.25, -0.2) is 0 Å². The summed E-state index contributed by atoms with van der Waals surface area (Å²) in [7, 11) is 0. The molecule has 0 bridgehead atoms. The lowest BCUT2D eigenvalue weighted by molar-refractivity contribution is 0.102. The summed E-state index contributed by atoms with van der Waals surface area (Å²) in [6, 6.07) is 16.7. The van der Waals surface area contributed by atoms with Crippen molar-refractivity contribution < 1.29 is 9.53 Å². The fourth-order valence-electron chi connectivity index (χ4n) is 2.50. The Morgan fingerprint density at radius 2 is 1.85 bits per heavy atom. The van der Waals surface area contributed by atoms with Crippen LogP contribution in [0.2, 0.25) is 0 Å². The molecule has 0 aliphatic rings. The topological polar surface area (TPSA) is 51.2 Å². The number of hydrogen-bond acceptors (Lipinski definition) is 3. The second-order valence-corrected chi connectivity index (χ2v) is 6.86. The molecule has 0 saturated carbocycles. The van der Waals surface area contributed by atoms with Gasteiger partial charge in [-0.1, -0.05) is 28.1 Å². The molecule has 0 unspecified atom stereocenters. The van der Waals surface area contributed by atoms with Crippen LogP contribution < -0.4 is 10.1 Å². The van der Waals surface area contributed by atoms with Crippen molar-refractivity contribution in [1.29, 1.82) is 0 Å². The summed E-state index contributed by atoms with van der Waals surface area (Å²) in [5.74, 6) is 0.543. The highest BCUT2D eigenvalue weighted by molar-refractivity contribution is 9.10. The number of aryl methyl sites for hydroxylation is 2. The second kappa shape index (κ2) is 8.15. The number of carbonyl (C=O) groups is 1. The van der Waals surface area contributed by atoms with Crippen molar-refractivity contribution >= 4 is 27.5 Å². The average molecular weight is 411 g/mol. The summed E-state index contributed by atoms with van der Waals surface area (Å²) in [5, 5.41) is 2.95. The van der Waals surface area contributed by atoms with Crippen LogP contribution in [0.15, 0.2) is 65.3 Å². The van der Waals surface area contributed by atoms with Gasteiger partial charge in [0.2, 0.25) is 0 Å². The smallest absolute Gasteiger partial charge is 0.255 e. The van der Waals surface area contributed by atoms with Crippen LogP contribution in [0, 0.1) is 13.8 Å². The number of rotatable bonds is 5. The lowest BCUT2D eigenvalue weighted by Crippen LogP contribution is -2.13. The summed E-state index contributed by atoms with van der Waals surface area (Å²) in [6.45, 7) is 4.39. The van der Waals surface area contributed by atoms with E-state index >= 15 is 0 Å². The molecule has 0 radical (unpaired) electrons. The average Bonchev–Trinajstić information content (AvgIpc) is 2.65. The monoisotopic (exact) mass is 410 g/mol. The van der Waals surface area contributed by atoms with Crippen molar-refractivity contribution in [3.8, 4) is 5.75 Å². The Kier molecular flexibility index (Phi) is 5.68. The molecule has 0 saturated heterocycles. The first-order valence-electron chi connectivity index (χ1n) is 8.24. The van der Waals surface area contributed by atoms with Gasteiger partial charge in [-0.05, 0) is 67.4 Å². The van der Waals surface area contributed by atoms with Gasteiger partial charge in [0.1, 0.15) is 12.4 Å². The van der Waals surface area contributed by atoms with Gasteiger partial charge in [0.25, 0.3) is 5.91 Å². The molecule has 2 aromatic carbocycles. The van der Waals surface area contributed by atoms with E-state index in [4.69, 9.17) is 4.74 Å². The summed E-state index contributed by atoms with van der Waals surface area (Å²) in [6.07, 6.45) is 1.73. The Morgan fingerprint density at radius 3 is 2.54 bits per heavy atom. The molecular weight excluding hydrogens is 392 g/mol. The molecule has 4 nitrogen and oxygen atoms in total. The normalized spacial score (nSPS) is 10.4. The first-order chi connectivity index (χ1) is 12.5. The van der Waals surface area contributed by atoms with Crippen LogP contribution in [-0.2, 0) is 6.61 Å². The maximum absolute atomic E-state index is 12.5. The van der Waals surface area contributed by atoms with Gasteiger partial charge in [0, 0.05) is 21.9 Å². The SMILES string of the molecule is Cc1cc(C)c(NC(=O)c2ccc(OCc3ccccn3)cc2)cc1Br. The first-order valence-corrected chi connectivity index (χ1v) is 9.03. The zero-order valence-electron chi connectivity index (χ0n) is 14.6. The Labute approximate surface area is 161 Å². The summed E-state index contributed by atoms with van der Waals surface area (Å²) in [4.78, 5) is 16.7. The molecule has 1 aromatic heterocycles. The predicted octanol–water partition coefficient (Wildman–Crippen LogP) is 5.29. The van der Waals surface area contributed by atoms with Crippen LogP contribution in [0.5, 0.6) is 5.75 Å². The van der Waals surface area contributed by atoms with Crippen molar-refractivity contribution in [2.24, 2.45) is 0 Å². The Balaban J connectivity index is 1.64. The minimum Gasteiger partial charge on any atom is -0.487 e. The molecule has 1 amide bonds. The number of anilines is 1. The molecule has 3 rings (SSSR count). The summed E-state index contributed by atoms with van der Waals surface area (Å²) in [5.41, 5.74) is 4.38. The Morgan fingerprint density at radius 1 is 1.08 bits per heavy atom. The highest BCUT2D eigenvalue weighted by Crippen LogP contribution is 2.25. The molecule has 0 atom stereocenters. The van der Waals surface area contributed by atoms with Crippen LogP contribution in [0.3, 0.4) is 0 Å². The Hall–Kier alpha value is -2.66. The van der Waals surface area contributed by atoms with E-state index in [0.29, 0.717) is 17.9 Å². The third-order valence-corrected chi connectivity index (χ3v) is 4.84. The number of nitrogens with one attached hydrogen (secondary N) is 1. The van der Waals surface area contributed by atoms with Crippen LogP contribution in [0.4, 0.5) is 5.69 Å². The zero-order chi connectivity index (χ0) is 18.5. The molecule has 0 aliphatic carbocycles. The number of halogens is 1. The maximum atomic E-state index is 12.5. The van der Waals surface area contributed by atoms with E-state index in [-0.39, 0.29) is 5.91 Å². The molecule has 0 fully saturated rings. The van der Waals surface area contributed by atoms with Crippen molar-refractivity contribution in [1.82, 2.24) is 4.98 Å². The Bertz CT molecular complexity index is 909. The minimum absolute atomic E-state index is 0.153. The van der Waals surface area contributed by atoms with Gasteiger partial charge in [-0.15, -0.1) is 0 Å². The molecule has 0 aliphatic heterocycles. The summed E-state index contributed by atoms with van der Waals surface area (Å²) >= 11 is 3.50. The van der Waals surface area contributed by atoms with Crippen molar-refractivity contribution in [2.75, 3.05) is 5.32 Å². The second-order valence-electron chi connectivity index (χ2n) is 6.00. The number of nitrogens with zero attached hydrogens (tertiary/aromatic N) is 1. The molecule has 3 aromatic rings.